The SMILES string of the molecule is CC1(Nc2nnc(CN)o2)CCOC1. The fourth-order valence-corrected chi connectivity index (χ4v) is 1.41. The number of nitrogens with zero attached hydrogens (tertiary/aromatic N) is 2. The van der Waals surface area contributed by atoms with Crippen molar-refractivity contribution >= 4 is 6.01 Å². The van der Waals surface area contributed by atoms with Crippen LogP contribution in [0.15, 0.2) is 4.42 Å². The van der Waals surface area contributed by atoms with E-state index in [4.69, 9.17) is 14.9 Å². The summed E-state index contributed by atoms with van der Waals surface area (Å²) in [7, 11) is 0. The van der Waals surface area contributed by atoms with Crippen LogP contribution in [0.5, 0.6) is 0 Å². The standard InChI is InChI=1S/C8H14N4O2/c1-8(2-3-13-5-8)10-7-12-11-6(4-9)14-7/h2-5,9H2,1H3,(H,10,12). The molecule has 1 aliphatic heterocycles. The molecule has 0 radical (unpaired) electrons. The van der Waals surface area contributed by atoms with Crippen molar-refractivity contribution in [2.45, 2.75) is 25.4 Å². The quantitative estimate of drug-likeness (QED) is 0.717. The highest BCUT2D eigenvalue weighted by Gasteiger charge is 2.31. The molecule has 1 fully saturated rings. The Morgan fingerprint density at radius 1 is 1.57 bits per heavy atom. The second kappa shape index (κ2) is 3.55. The van der Waals surface area contributed by atoms with E-state index < -0.39 is 0 Å². The van der Waals surface area contributed by atoms with Crippen molar-refractivity contribution in [1.82, 2.24) is 10.2 Å². The molecule has 0 bridgehead atoms. The number of hydrogen-bond donors (Lipinski definition) is 2. The van der Waals surface area contributed by atoms with Gasteiger partial charge in [0.05, 0.1) is 18.7 Å². The average molecular weight is 198 g/mol. The summed E-state index contributed by atoms with van der Waals surface area (Å²) in [6, 6.07) is 0.415. The minimum atomic E-state index is -0.0988. The lowest BCUT2D eigenvalue weighted by atomic mass is 10.0. The lowest BCUT2D eigenvalue weighted by Crippen LogP contribution is -2.35. The Morgan fingerprint density at radius 2 is 2.43 bits per heavy atom. The van der Waals surface area contributed by atoms with Crippen molar-refractivity contribution in [1.29, 1.82) is 0 Å². The van der Waals surface area contributed by atoms with Gasteiger partial charge in [0.25, 0.3) is 0 Å². The van der Waals surface area contributed by atoms with E-state index in [1.165, 1.54) is 0 Å². The molecule has 6 heteroatoms. The largest absolute Gasteiger partial charge is 0.407 e. The molecule has 2 rings (SSSR count). The topological polar surface area (TPSA) is 86.2 Å². The van der Waals surface area contributed by atoms with Gasteiger partial charge in [0.1, 0.15) is 0 Å². The summed E-state index contributed by atoms with van der Waals surface area (Å²) in [4.78, 5) is 0. The van der Waals surface area contributed by atoms with Crippen LogP contribution >= 0.6 is 0 Å². The van der Waals surface area contributed by atoms with Crippen molar-refractivity contribution in [3.63, 3.8) is 0 Å². The van der Waals surface area contributed by atoms with E-state index in [1.54, 1.807) is 0 Å². The van der Waals surface area contributed by atoms with Gasteiger partial charge in [0.2, 0.25) is 5.89 Å². The van der Waals surface area contributed by atoms with Crippen LogP contribution in [0.2, 0.25) is 0 Å². The average Bonchev–Trinajstić information content (AvgIpc) is 2.75. The van der Waals surface area contributed by atoms with E-state index in [2.05, 4.69) is 22.4 Å². The Bertz CT molecular complexity index is 306. The van der Waals surface area contributed by atoms with Crippen LogP contribution in [-0.2, 0) is 11.3 Å². The second-order valence-electron chi connectivity index (χ2n) is 3.69. The van der Waals surface area contributed by atoms with Crippen LogP contribution in [0, 0.1) is 0 Å². The third-order valence-electron chi connectivity index (χ3n) is 2.27. The van der Waals surface area contributed by atoms with Gasteiger partial charge in [-0.1, -0.05) is 5.10 Å². The molecule has 3 N–H and O–H groups in total. The molecule has 1 aromatic heterocycles. The molecule has 1 atom stereocenters. The molecule has 0 saturated carbocycles. The molecular formula is C8H14N4O2. The number of ether oxygens (including phenoxy) is 1. The van der Waals surface area contributed by atoms with Crippen LogP contribution in [0.1, 0.15) is 19.2 Å². The van der Waals surface area contributed by atoms with Crippen LogP contribution in [0.3, 0.4) is 0 Å². The highest BCUT2D eigenvalue weighted by Crippen LogP contribution is 2.22. The van der Waals surface area contributed by atoms with Gasteiger partial charge in [0.15, 0.2) is 0 Å². The summed E-state index contributed by atoms with van der Waals surface area (Å²) in [6.07, 6.45) is 0.938. The Labute approximate surface area is 81.8 Å². The van der Waals surface area contributed by atoms with Crippen LogP contribution in [0.25, 0.3) is 0 Å². The summed E-state index contributed by atoms with van der Waals surface area (Å²) in [5.41, 5.74) is 5.26. The summed E-state index contributed by atoms with van der Waals surface area (Å²) < 4.78 is 10.5. The van der Waals surface area contributed by atoms with Crippen LogP contribution < -0.4 is 11.1 Å². The monoisotopic (exact) mass is 198 g/mol. The van der Waals surface area contributed by atoms with Gasteiger partial charge >= 0.3 is 6.01 Å². The molecule has 0 spiro atoms. The summed E-state index contributed by atoms with van der Waals surface area (Å²) in [5, 5.41) is 10.7. The molecule has 1 saturated heterocycles. The van der Waals surface area contributed by atoms with Gasteiger partial charge in [-0.15, -0.1) is 5.10 Å². The van der Waals surface area contributed by atoms with Gasteiger partial charge < -0.3 is 20.2 Å². The van der Waals surface area contributed by atoms with Gasteiger partial charge in [-0.05, 0) is 13.3 Å². The molecular weight excluding hydrogens is 184 g/mol. The molecule has 2 heterocycles. The Morgan fingerprint density at radius 3 is 3.00 bits per heavy atom. The van der Waals surface area contributed by atoms with E-state index in [0.29, 0.717) is 18.5 Å². The van der Waals surface area contributed by atoms with Crippen molar-refractivity contribution in [3.05, 3.63) is 5.89 Å². The highest BCUT2D eigenvalue weighted by atomic mass is 16.5. The lowest BCUT2D eigenvalue weighted by molar-refractivity contribution is 0.184. The minimum Gasteiger partial charge on any atom is -0.407 e. The molecule has 0 aliphatic carbocycles. The zero-order valence-corrected chi connectivity index (χ0v) is 8.12. The van der Waals surface area contributed by atoms with Crippen molar-refractivity contribution < 1.29 is 9.15 Å². The van der Waals surface area contributed by atoms with Gasteiger partial charge in [-0.3, -0.25) is 0 Å². The zero-order chi connectivity index (χ0) is 10.0. The van der Waals surface area contributed by atoms with Gasteiger partial charge in [0, 0.05) is 6.61 Å². The predicted octanol–water partition coefficient (Wildman–Crippen LogP) is 0.119. The summed E-state index contributed by atoms with van der Waals surface area (Å²) in [6.45, 7) is 3.75. The van der Waals surface area contributed by atoms with Gasteiger partial charge in [-0.25, -0.2) is 0 Å². The normalized spacial score (nSPS) is 26.7. The first kappa shape index (κ1) is 9.42. The van der Waals surface area contributed by atoms with E-state index in [1.807, 2.05) is 0 Å². The molecule has 1 aromatic rings. The second-order valence-corrected chi connectivity index (χ2v) is 3.69. The molecule has 1 unspecified atom stereocenters. The lowest BCUT2D eigenvalue weighted by Gasteiger charge is -2.21. The maximum Gasteiger partial charge on any atom is 0.316 e. The molecule has 0 amide bonds. The number of rotatable bonds is 3. The number of hydrogen-bond acceptors (Lipinski definition) is 6. The molecule has 14 heavy (non-hydrogen) atoms. The fraction of sp³-hybridized carbons (Fsp3) is 0.750. The smallest absolute Gasteiger partial charge is 0.316 e. The van der Waals surface area contributed by atoms with E-state index >= 15 is 0 Å². The highest BCUT2D eigenvalue weighted by molar-refractivity contribution is 5.24. The zero-order valence-electron chi connectivity index (χ0n) is 8.12. The number of anilines is 1. The molecule has 6 nitrogen and oxygen atoms in total. The number of nitrogens with one attached hydrogen (secondary N) is 1. The van der Waals surface area contributed by atoms with Crippen LogP contribution in [0.4, 0.5) is 6.01 Å². The van der Waals surface area contributed by atoms with E-state index in [9.17, 15) is 0 Å². The first-order valence-electron chi connectivity index (χ1n) is 4.60. The summed E-state index contributed by atoms with van der Waals surface area (Å²) >= 11 is 0. The Hall–Kier alpha value is -1.14. The third kappa shape index (κ3) is 1.85. The van der Waals surface area contributed by atoms with E-state index in [0.717, 1.165) is 13.0 Å². The number of aromatic nitrogens is 2. The number of nitrogens with two attached hydrogens (primary N) is 1. The first-order chi connectivity index (χ1) is 6.72. The Kier molecular flexibility index (Phi) is 2.39. The van der Waals surface area contributed by atoms with Crippen molar-refractivity contribution in [2.24, 2.45) is 5.73 Å². The first-order valence-corrected chi connectivity index (χ1v) is 4.60. The van der Waals surface area contributed by atoms with Crippen molar-refractivity contribution in [2.75, 3.05) is 18.5 Å². The van der Waals surface area contributed by atoms with Crippen molar-refractivity contribution in [3.8, 4) is 0 Å². The van der Waals surface area contributed by atoms with Gasteiger partial charge in [-0.2, -0.15) is 0 Å². The third-order valence-corrected chi connectivity index (χ3v) is 2.27. The summed E-state index contributed by atoms with van der Waals surface area (Å²) in [5.74, 6) is 0.440. The Balaban J connectivity index is 2.02. The maximum absolute atomic E-state index is 5.36. The fourth-order valence-electron chi connectivity index (χ4n) is 1.41. The molecule has 0 aromatic carbocycles. The van der Waals surface area contributed by atoms with E-state index in [-0.39, 0.29) is 12.1 Å². The molecule has 1 aliphatic rings. The maximum atomic E-state index is 5.36. The minimum absolute atomic E-state index is 0.0988. The molecule has 78 valence electrons. The van der Waals surface area contributed by atoms with Crippen LogP contribution in [-0.4, -0.2) is 29.0 Å². The predicted molar refractivity (Wildman–Crippen MR) is 49.7 cm³/mol.